The molecule has 0 aliphatic carbocycles. The van der Waals surface area contributed by atoms with Crippen LogP contribution in [0.4, 0.5) is 11.4 Å². The van der Waals surface area contributed by atoms with Gasteiger partial charge in [-0.2, -0.15) is 0 Å². The molecule has 4 nitrogen and oxygen atoms in total. The molecule has 3 heterocycles. The van der Waals surface area contributed by atoms with E-state index in [1.807, 2.05) is 26.1 Å². The second-order valence-electron chi connectivity index (χ2n) is 5.51. The lowest BCUT2D eigenvalue weighted by Crippen LogP contribution is -2.30. The maximum atomic E-state index is 12.0. The molecule has 0 atom stereocenters. The summed E-state index contributed by atoms with van der Waals surface area (Å²) in [7, 11) is 0. The summed E-state index contributed by atoms with van der Waals surface area (Å²) in [6.45, 7) is 5.84. The van der Waals surface area contributed by atoms with Crippen LogP contribution in [0.5, 0.6) is 0 Å². The number of pyridine rings is 1. The second-order valence-corrected chi connectivity index (χ2v) is 5.51. The third kappa shape index (κ3) is 1.59. The maximum absolute atomic E-state index is 12.0. The molecule has 2 aliphatic rings. The Morgan fingerprint density at radius 1 is 1.44 bits per heavy atom. The normalized spacial score (nSPS) is 21.7. The predicted molar refractivity (Wildman–Crippen MR) is 71.6 cm³/mol. The lowest BCUT2D eigenvalue weighted by Gasteiger charge is -2.30. The lowest BCUT2D eigenvalue weighted by molar-refractivity contribution is -0.119. The summed E-state index contributed by atoms with van der Waals surface area (Å²) < 4.78 is 0. The quantitative estimate of drug-likeness (QED) is 0.823. The van der Waals surface area contributed by atoms with Crippen molar-refractivity contribution in [2.24, 2.45) is 0 Å². The van der Waals surface area contributed by atoms with Crippen molar-refractivity contribution in [2.75, 3.05) is 23.3 Å². The average Bonchev–Trinajstić information content (AvgIpc) is 2.62. The van der Waals surface area contributed by atoms with Crippen molar-refractivity contribution in [3.8, 4) is 0 Å². The molecule has 0 bridgehead atoms. The lowest BCUT2D eigenvalue weighted by atomic mass is 9.90. The highest BCUT2D eigenvalue weighted by atomic mass is 16.2. The van der Waals surface area contributed by atoms with Crippen molar-refractivity contribution in [1.82, 2.24) is 4.98 Å². The molecule has 3 rings (SSSR count). The van der Waals surface area contributed by atoms with Gasteiger partial charge >= 0.3 is 0 Å². The van der Waals surface area contributed by atoms with E-state index >= 15 is 0 Å². The number of hydrogen-bond acceptors (Lipinski definition) is 3. The number of carbonyl (C=O) groups excluding carboxylic acids is 1. The first kappa shape index (κ1) is 11.5. The monoisotopic (exact) mass is 244 g/mol. The van der Waals surface area contributed by atoms with Crippen LogP contribution in [-0.2, 0) is 10.2 Å². The first-order valence-corrected chi connectivity index (χ1v) is 6.48. The van der Waals surface area contributed by atoms with E-state index in [-0.39, 0.29) is 5.91 Å². The summed E-state index contributed by atoms with van der Waals surface area (Å²) in [5.74, 6) is 0.0402. The molecule has 1 amide bonds. The standard InChI is InChI=1S/C14H18N3O/c1-14(2)12-11(16-13(14)18)10(6-7-15-12)17-8-4-3-5-9-17/h4,6-7H,3,5,8-9H2,1-2H3,(H,16,18). The zero-order chi connectivity index (χ0) is 12.8. The molecule has 1 saturated heterocycles. The molecular weight excluding hydrogens is 226 g/mol. The van der Waals surface area contributed by atoms with Gasteiger partial charge in [0.2, 0.25) is 5.91 Å². The molecule has 0 spiro atoms. The molecule has 0 saturated carbocycles. The van der Waals surface area contributed by atoms with Crippen molar-refractivity contribution in [2.45, 2.75) is 32.1 Å². The molecule has 0 unspecified atom stereocenters. The number of fused-ring (bicyclic) bond motifs is 1. The Bertz CT molecular complexity index is 490. The van der Waals surface area contributed by atoms with Crippen LogP contribution in [-0.4, -0.2) is 24.0 Å². The van der Waals surface area contributed by atoms with Crippen LogP contribution in [0.25, 0.3) is 0 Å². The van der Waals surface area contributed by atoms with Gasteiger partial charge in [0.1, 0.15) is 0 Å². The van der Waals surface area contributed by atoms with Gasteiger partial charge in [-0.15, -0.1) is 0 Å². The SMILES string of the molecule is CC1(C)C(=O)Nc2c(N3C[CH]CCC3)ccnc21. The fraction of sp³-hybridized carbons (Fsp3) is 0.500. The number of nitrogens with zero attached hydrogens (tertiary/aromatic N) is 2. The first-order valence-electron chi connectivity index (χ1n) is 6.48. The Labute approximate surface area is 107 Å². The van der Waals surface area contributed by atoms with Gasteiger partial charge in [0, 0.05) is 19.3 Å². The number of carbonyl (C=O) groups is 1. The van der Waals surface area contributed by atoms with Gasteiger partial charge in [-0.3, -0.25) is 9.78 Å². The fourth-order valence-corrected chi connectivity index (χ4v) is 2.67. The van der Waals surface area contributed by atoms with E-state index in [1.54, 1.807) is 0 Å². The highest BCUT2D eigenvalue weighted by Crippen LogP contribution is 2.41. The third-order valence-corrected chi connectivity index (χ3v) is 3.85. The number of rotatable bonds is 1. The van der Waals surface area contributed by atoms with E-state index in [0.29, 0.717) is 0 Å². The van der Waals surface area contributed by atoms with Gasteiger partial charge in [0.25, 0.3) is 0 Å². The van der Waals surface area contributed by atoms with Crippen LogP contribution in [0.15, 0.2) is 12.3 Å². The number of aromatic nitrogens is 1. The van der Waals surface area contributed by atoms with E-state index in [2.05, 4.69) is 21.6 Å². The van der Waals surface area contributed by atoms with Gasteiger partial charge in [-0.1, -0.05) is 0 Å². The zero-order valence-corrected chi connectivity index (χ0v) is 10.9. The number of amides is 1. The smallest absolute Gasteiger partial charge is 0.236 e. The summed E-state index contributed by atoms with van der Waals surface area (Å²) in [6, 6.07) is 2.00. The molecule has 95 valence electrons. The van der Waals surface area contributed by atoms with Gasteiger partial charge in [0.15, 0.2) is 0 Å². The number of hydrogen-bond donors (Lipinski definition) is 1. The minimum Gasteiger partial charge on any atom is -0.369 e. The van der Waals surface area contributed by atoms with Crippen molar-refractivity contribution in [1.29, 1.82) is 0 Å². The molecule has 2 aliphatic heterocycles. The topological polar surface area (TPSA) is 45.2 Å². The summed E-state index contributed by atoms with van der Waals surface area (Å²) in [5, 5.41) is 3.00. The Morgan fingerprint density at radius 3 is 3.00 bits per heavy atom. The van der Waals surface area contributed by atoms with E-state index in [4.69, 9.17) is 0 Å². The van der Waals surface area contributed by atoms with Crippen molar-refractivity contribution >= 4 is 17.3 Å². The molecule has 1 aromatic heterocycles. The van der Waals surface area contributed by atoms with Crippen LogP contribution in [0, 0.1) is 6.42 Å². The minimum absolute atomic E-state index is 0.0402. The highest BCUT2D eigenvalue weighted by Gasteiger charge is 2.41. The second kappa shape index (κ2) is 3.97. The number of anilines is 2. The van der Waals surface area contributed by atoms with E-state index in [0.717, 1.165) is 30.2 Å². The van der Waals surface area contributed by atoms with Crippen molar-refractivity contribution in [3.63, 3.8) is 0 Å². The molecule has 18 heavy (non-hydrogen) atoms. The molecule has 0 aromatic carbocycles. The zero-order valence-electron chi connectivity index (χ0n) is 10.9. The summed E-state index contributed by atoms with van der Waals surface area (Å²) in [6.07, 6.45) is 6.46. The van der Waals surface area contributed by atoms with Crippen LogP contribution in [0.2, 0.25) is 0 Å². The van der Waals surface area contributed by atoms with Gasteiger partial charge in [0.05, 0.1) is 22.5 Å². The van der Waals surface area contributed by atoms with Crippen LogP contribution < -0.4 is 10.2 Å². The number of piperidine rings is 1. The summed E-state index contributed by atoms with van der Waals surface area (Å²) >= 11 is 0. The van der Waals surface area contributed by atoms with E-state index < -0.39 is 5.41 Å². The van der Waals surface area contributed by atoms with Gasteiger partial charge in [-0.05, 0) is 39.2 Å². The fourth-order valence-electron chi connectivity index (χ4n) is 2.67. The van der Waals surface area contributed by atoms with E-state index in [9.17, 15) is 4.79 Å². The van der Waals surface area contributed by atoms with Gasteiger partial charge in [-0.25, -0.2) is 0 Å². The number of nitrogens with one attached hydrogen (secondary N) is 1. The molecular formula is C14H18N3O. The Kier molecular flexibility index (Phi) is 2.54. The van der Waals surface area contributed by atoms with E-state index in [1.165, 1.54) is 12.8 Å². The molecule has 1 radical (unpaired) electrons. The molecule has 4 heteroatoms. The maximum Gasteiger partial charge on any atom is 0.236 e. The van der Waals surface area contributed by atoms with Crippen molar-refractivity contribution < 1.29 is 4.79 Å². The van der Waals surface area contributed by atoms with Gasteiger partial charge < -0.3 is 10.2 Å². The Morgan fingerprint density at radius 2 is 2.28 bits per heavy atom. The summed E-state index contributed by atoms with van der Waals surface area (Å²) in [4.78, 5) is 18.7. The van der Waals surface area contributed by atoms with Crippen molar-refractivity contribution in [3.05, 3.63) is 24.4 Å². The predicted octanol–water partition coefficient (Wildman–Crippen LogP) is 2.12. The first-order chi connectivity index (χ1) is 8.60. The van der Waals surface area contributed by atoms with Crippen LogP contribution in [0.1, 0.15) is 32.4 Å². The molecule has 1 N–H and O–H groups in total. The molecule has 1 aromatic rings. The Balaban J connectivity index is 2.04. The highest BCUT2D eigenvalue weighted by molar-refractivity contribution is 6.07. The third-order valence-electron chi connectivity index (χ3n) is 3.85. The van der Waals surface area contributed by atoms with Crippen LogP contribution >= 0.6 is 0 Å². The molecule has 1 fully saturated rings. The minimum atomic E-state index is -0.523. The summed E-state index contributed by atoms with van der Waals surface area (Å²) in [5.41, 5.74) is 2.36. The largest absolute Gasteiger partial charge is 0.369 e. The Hall–Kier alpha value is -1.58. The average molecular weight is 244 g/mol. The van der Waals surface area contributed by atoms with Crippen LogP contribution in [0.3, 0.4) is 0 Å².